The van der Waals surface area contributed by atoms with Crippen molar-refractivity contribution in [3.63, 3.8) is 0 Å². The van der Waals surface area contributed by atoms with Gasteiger partial charge in [0.15, 0.2) is 0 Å². The second-order valence-electron chi connectivity index (χ2n) is 7.18. The van der Waals surface area contributed by atoms with Crippen LogP contribution in [0.1, 0.15) is 12.8 Å². The number of para-hydroxylation sites is 1. The molecule has 3 aromatic rings. The van der Waals surface area contributed by atoms with Gasteiger partial charge in [0.1, 0.15) is 0 Å². The number of fused-ring (bicyclic) bond motifs is 1. The van der Waals surface area contributed by atoms with E-state index in [0.717, 1.165) is 15.2 Å². The van der Waals surface area contributed by atoms with Crippen LogP contribution in [0.2, 0.25) is 0 Å². The van der Waals surface area contributed by atoms with Crippen molar-refractivity contribution in [1.82, 2.24) is 4.31 Å². The Morgan fingerprint density at radius 3 is 2.52 bits per heavy atom. The van der Waals surface area contributed by atoms with Crippen LogP contribution in [0.3, 0.4) is 0 Å². The average Bonchev–Trinajstić information content (AvgIpc) is 2.75. The number of nitrogens with one attached hydrogen (secondary N) is 1. The highest BCUT2D eigenvalue weighted by Gasteiger charge is 2.33. The number of hydrogen-bond acceptors (Lipinski definition) is 3. The fraction of sp³-hybridized carbons (Fsp3) is 0.227. The van der Waals surface area contributed by atoms with Crippen LogP contribution in [-0.4, -0.2) is 31.7 Å². The first-order chi connectivity index (χ1) is 13.9. The zero-order valence-corrected chi connectivity index (χ0v) is 18.1. The Balaban J connectivity index is 1.53. The summed E-state index contributed by atoms with van der Waals surface area (Å²) < 4.78 is 28.6. The molecule has 7 heteroatoms. The highest BCUT2D eigenvalue weighted by Crippen LogP contribution is 2.28. The number of rotatable bonds is 4. The first kappa shape index (κ1) is 20.1. The lowest BCUT2D eigenvalue weighted by molar-refractivity contribution is -0.120. The minimum absolute atomic E-state index is 0.157. The topological polar surface area (TPSA) is 66.5 Å². The molecular weight excluding hydrogens is 452 g/mol. The summed E-state index contributed by atoms with van der Waals surface area (Å²) in [6.45, 7) is 0.611. The van der Waals surface area contributed by atoms with E-state index in [0.29, 0.717) is 25.1 Å². The smallest absolute Gasteiger partial charge is 0.243 e. The van der Waals surface area contributed by atoms with Crippen molar-refractivity contribution in [1.29, 1.82) is 0 Å². The summed E-state index contributed by atoms with van der Waals surface area (Å²) in [5, 5.41) is 4.79. The molecule has 1 aliphatic rings. The molecule has 0 unspecified atom stereocenters. The molecule has 29 heavy (non-hydrogen) atoms. The number of carbonyl (C=O) groups excluding carboxylic acids is 1. The molecule has 0 radical (unpaired) electrons. The van der Waals surface area contributed by atoms with Crippen molar-refractivity contribution in [2.45, 2.75) is 17.7 Å². The van der Waals surface area contributed by atoms with Gasteiger partial charge in [-0.3, -0.25) is 4.79 Å². The van der Waals surface area contributed by atoms with Crippen LogP contribution in [0.25, 0.3) is 10.8 Å². The third kappa shape index (κ3) is 4.22. The Morgan fingerprint density at radius 2 is 1.72 bits per heavy atom. The minimum Gasteiger partial charge on any atom is -0.325 e. The van der Waals surface area contributed by atoms with Crippen LogP contribution in [0.5, 0.6) is 0 Å². The van der Waals surface area contributed by atoms with E-state index in [-0.39, 0.29) is 23.3 Å². The monoisotopic (exact) mass is 472 g/mol. The number of nitrogens with zero attached hydrogens (tertiary/aromatic N) is 1. The number of piperidine rings is 1. The highest BCUT2D eigenvalue weighted by molar-refractivity contribution is 9.10. The van der Waals surface area contributed by atoms with Gasteiger partial charge in [0, 0.05) is 17.6 Å². The van der Waals surface area contributed by atoms with Gasteiger partial charge in [0.05, 0.1) is 16.5 Å². The molecule has 1 heterocycles. The lowest BCUT2D eigenvalue weighted by Gasteiger charge is -2.31. The maximum Gasteiger partial charge on any atom is 0.243 e. The van der Waals surface area contributed by atoms with Crippen molar-refractivity contribution in [3.05, 3.63) is 71.2 Å². The lowest BCUT2D eigenvalue weighted by Crippen LogP contribution is -2.43. The summed E-state index contributed by atoms with van der Waals surface area (Å²) in [6, 6.07) is 20.2. The van der Waals surface area contributed by atoms with Crippen LogP contribution in [0.15, 0.2) is 76.1 Å². The van der Waals surface area contributed by atoms with Gasteiger partial charge in [-0.15, -0.1) is 0 Å². The lowest BCUT2D eigenvalue weighted by atomic mass is 9.99. The molecule has 0 saturated carbocycles. The first-order valence-electron chi connectivity index (χ1n) is 9.49. The van der Waals surface area contributed by atoms with E-state index in [1.807, 2.05) is 54.6 Å². The van der Waals surface area contributed by atoms with Gasteiger partial charge in [0.2, 0.25) is 15.9 Å². The normalized spacial score (nSPS) is 17.9. The molecule has 0 spiro atoms. The highest BCUT2D eigenvalue weighted by atomic mass is 79.9. The summed E-state index contributed by atoms with van der Waals surface area (Å²) in [7, 11) is -3.66. The third-order valence-electron chi connectivity index (χ3n) is 5.25. The zero-order valence-electron chi connectivity index (χ0n) is 15.7. The predicted molar refractivity (Wildman–Crippen MR) is 118 cm³/mol. The van der Waals surface area contributed by atoms with E-state index in [1.165, 1.54) is 4.31 Å². The number of sulfonamides is 1. The fourth-order valence-electron chi connectivity index (χ4n) is 3.65. The summed E-state index contributed by atoms with van der Waals surface area (Å²) >= 11 is 3.42. The Hall–Kier alpha value is -2.22. The van der Waals surface area contributed by atoms with E-state index in [9.17, 15) is 13.2 Å². The maximum absolute atomic E-state index is 13.2. The number of anilines is 1. The fourth-order valence-corrected chi connectivity index (χ4v) is 5.59. The van der Waals surface area contributed by atoms with Gasteiger partial charge in [-0.05, 0) is 63.8 Å². The molecular formula is C22H21BrN2O3S. The molecule has 0 aliphatic carbocycles. The van der Waals surface area contributed by atoms with Crippen LogP contribution < -0.4 is 5.32 Å². The molecule has 0 aromatic heterocycles. The van der Waals surface area contributed by atoms with Gasteiger partial charge in [-0.1, -0.05) is 42.5 Å². The second kappa shape index (κ2) is 8.26. The van der Waals surface area contributed by atoms with E-state index in [4.69, 9.17) is 0 Å². The molecule has 4 rings (SSSR count). The van der Waals surface area contributed by atoms with Crippen molar-refractivity contribution in [2.75, 3.05) is 18.4 Å². The standard InChI is InChI=1S/C22H21BrN2O3S/c23-20-9-3-4-10-21(20)24-22(26)18-8-5-13-25(15-18)29(27,28)19-12-11-16-6-1-2-7-17(16)14-19/h1-4,6-7,9-12,14,18H,5,8,13,15H2,(H,24,26)/t18-/m0/s1. The summed E-state index contributed by atoms with van der Waals surface area (Å²) in [4.78, 5) is 13.0. The van der Waals surface area contributed by atoms with Gasteiger partial charge in [0.25, 0.3) is 0 Å². The first-order valence-corrected chi connectivity index (χ1v) is 11.7. The second-order valence-corrected chi connectivity index (χ2v) is 9.97. The molecule has 1 saturated heterocycles. The van der Waals surface area contributed by atoms with Crippen molar-refractivity contribution in [2.24, 2.45) is 5.92 Å². The number of amides is 1. The number of halogens is 1. The van der Waals surface area contributed by atoms with E-state index in [2.05, 4.69) is 21.2 Å². The molecule has 0 bridgehead atoms. The van der Waals surface area contributed by atoms with Crippen molar-refractivity contribution < 1.29 is 13.2 Å². The molecule has 1 N–H and O–H groups in total. The Bertz CT molecular complexity index is 1160. The van der Waals surface area contributed by atoms with Crippen molar-refractivity contribution in [3.8, 4) is 0 Å². The van der Waals surface area contributed by atoms with Crippen LogP contribution >= 0.6 is 15.9 Å². The quantitative estimate of drug-likeness (QED) is 0.601. The molecule has 1 amide bonds. The third-order valence-corrected chi connectivity index (χ3v) is 7.80. The largest absolute Gasteiger partial charge is 0.325 e. The molecule has 1 fully saturated rings. The Morgan fingerprint density at radius 1 is 1.00 bits per heavy atom. The van der Waals surface area contributed by atoms with Crippen LogP contribution in [-0.2, 0) is 14.8 Å². The SMILES string of the molecule is O=C(Nc1ccccc1Br)[C@H]1CCCN(S(=O)(=O)c2ccc3ccccc3c2)C1. The number of hydrogen-bond donors (Lipinski definition) is 1. The molecule has 3 aromatic carbocycles. The minimum atomic E-state index is -3.66. The van der Waals surface area contributed by atoms with Gasteiger partial charge >= 0.3 is 0 Å². The van der Waals surface area contributed by atoms with Gasteiger partial charge in [-0.2, -0.15) is 4.31 Å². The zero-order chi connectivity index (χ0) is 20.4. The Labute approximate surface area is 178 Å². The van der Waals surface area contributed by atoms with Gasteiger partial charge in [-0.25, -0.2) is 8.42 Å². The number of benzene rings is 3. The van der Waals surface area contributed by atoms with Crippen LogP contribution in [0.4, 0.5) is 5.69 Å². The molecule has 150 valence electrons. The van der Waals surface area contributed by atoms with E-state index >= 15 is 0 Å². The van der Waals surface area contributed by atoms with Crippen molar-refractivity contribution >= 4 is 48.3 Å². The molecule has 1 atom stereocenters. The predicted octanol–water partition coefficient (Wildman–Crippen LogP) is 4.64. The summed E-state index contributed by atoms with van der Waals surface area (Å²) in [5.41, 5.74) is 0.687. The summed E-state index contributed by atoms with van der Waals surface area (Å²) in [5.74, 6) is -0.540. The van der Waals surface area contributed by atoms with E-state index < -0.39 is 10.0 Å². The molecule has 1 aliphatic heterocycles. The summed E-state index contributed by atoms with van der Waals surface area (Å²) in [6.07, 6.45) is 1.32. The van der Waals surface area contributed by atoms with E-state index in [1.54, 1.807) is 12.1 Å². The van der Waals surface area contributed by atoms with Crippen LogP contribution in [0, 0.1) is 5.92 Å². The maximum atomic E-state index is 13.2. The van der Waals surface area contributed by atoms with Gasteiger partial charge < -0.3 is 5.32 Å². The Kier molecular flexibility index (Phi) is 5.72. The molecule has 5 nitrogen and oxygen atoms in total. The average molecular weight is 473 g/mol. The number of carbonyl (C=O) groups is 1.